The van der Waals surface area contributed by atoms with E-state index < -0.39 is 12.2 Å². The first-order chi connectivity index (χ1) is 26.1. The van der Waals surface area contributed by atoms with Crippen molar-refractivity contribution in [3.8, 4) is 11.5 Å². The summed E-state index contributed by atoms with van der Waals surface area (Å²) in [5, 5.41) is 0. The van der Waals surface area contributed by atoms with Gasteiger partial charge >= 0.3 is 12.2 Å². The van der Waals surface area contributed by atoms with Crippen molar-refractivity contribution in [3.63, 3.8) is 0 Å². The summed E-state index contributed by atoms with van der Waals surface area (Å²) in [6, 6.07) is 35.3. The van der Waals surface area contributed by atoms with E-state index >= 15 is 0 Å². The monoisotopic (exact) mass is 748 g/mol. The van der Waals surface area contributed by atoms with Gasteiger partial charge in [-0.1, -0.05) is 84.9 Å². The first-order valence-corrected chi connectivity index (χ1v) is 18.9. The van der Waals surface area contributed by atoms with E-state index in [0.29, 0.717) is 45.8 Å². The predicted molar refractivity (Wildman–Crippen MR) is 204 cm³/mol. The lowest BCUT2D eigenvalue weighted by atomic mass is 10.2. The standard InChI is InChI=1S/C41H40N4O6S2/c46-40(50-28-38-22-42-30-52-38)44(24-32-12-16-36(17-13-32)48-26-34-8-3-1-4-9-34)20-7-21-45(41(47)51-29-39-23-43-31-53-39)25-33-14-18-37(19-15-33)49-27-35-10-5-2-6-11-35/h1-6,8-19,22-23,30-31H,7,20-21,24-29H2. The molecule has 0 unspecified atom stereocenters. The fourth-order valence-electron chi connectivity index (χ4n) is 5.30. The molecule has 0 atom stereocenters. The van der Waals surface area contributed by atoms with Crippen molar-refractivity contribution in [1.82, 2.24) is 19.8 Å². The molecule has 0 aliphatic carbocycles. The van der Waals surface area contributed by atoms with Gasteiger partial charge in [0.05, 0.1) is 20.8 Å². The minimum atomic E-state index is -0.451. The van der Waals surface area contributed by atoms with Crippen LogP contribution in [0.1, 0.15) is 38.4 Å². The number of carbonyl (C=O) groups excluding carboxylic acids is 2. The number of ether oxygens (including phenoxy) is 4. The highest BCUT2D eigenvalue weighted by Crippen LogP contribution is 2.19. The van der Waals surface area contributed by atoms with Gasteiger partial charge in [-0.15, -0.1) is 22.7 Å². The molecule has 0 bridgehead atoms. The molecule has 0 spiro atoms. The Kier molecular flexibility index (Phi) is 13.8. The molecular weight excluding hydrogens is 709 g/mol. The van der Waals surface area contributed by atoms with Gasteiger partial charge in [-0.05, 0) is 52.9 Å². The molecule has 272 valence electrons. The Morgan fingerprint density at radius 2 is 0.925 bits per heavy atom. The van der Waals surface area contributed by atoms with E-state index in [4.69, 9.17) is 18.9 Å². The van der Waals surface area contributed by atoms with E-state index in [1.165, 1.54) is 22.7 Å². The second kappa shape index (κ2) is 19.8. The lowest BCUT2D eigenvalue weighted by molar-refractivity contribution is 0.0850. The third-order valence-electron chi connectivity index (χ3n) is 8.11. The summed E-state index contributed by atoms with van der Waals surface area (Å²) in [5.74, 6) is 1.47. The van der Waals surface area contributed by atoms with Crippen molar-refractivity contribution < 1.29 is 28.5 Å². The van der Waals surface area contributed by atoms with Crippen molar-refractivity contribution in [2.24, 2.45) is 0 Å². The predicted octanol–water partition coefficient (Wildman–Crippen LogP) is 9.13. The van der Waals surface area contributed by atoms with Gasteiger partial charge in [0.25, 0.3) is 0 Å². The number of nitrogens with zero attached hydrogens (tertiary/aromatic N) is 4. The summed E-state index contributed by atoms with van der Waals surface area (Å²) in [4.78, 5) is 40.0. The first kappa shape index (κ1) is 37.1. The topological polar surface area (TPSA) is 103 Å². The highest BCUT2D eigenvalue weighted by molar-refractivity contribution is 7.09. The molecule has 0 aliphatic heterocycles. The summed E-state index contributed by atoms with van der Waals surface area (Å²) in [6.07, 6.45) is 2.96. The van der Waals surface area contributed by atoms with Gasteiger partial charge in [-0.25, -0.2) is 9.59 Å². The van der Waals surface area contributed by atoms with Crippen molar-refractivity contribution in [1.29, 1.82) is 0 Å². The second-order valence-electron chi connectivity index (χ2n) is 12.1. The molecule has 0 saturated carbocycles. The highest BCUT2D eigenvalue weighted by atomic mass is 32.1. The number of carbonyl (C=O) groups is 2. The average molecular weight is 749 g/mol. The number of hydrogen-bond donors (Lipinski definition) is 0. The van der Waals surface area contributed by atoms with Crippen LogP contribution in [0.4, 0.5) is 9.59 Å². The molecule has 0 aliphatic rings. The second-order valence-corrected chi connectivity index (χ2v) is 14.0. The Bertz CT molecular complexity index is 1800. The van der Waals surface area contributed by atoms with E-state index in [9.17, 15) is 9.59 Å². The van der Waals surface area contributed by atoms with Crippen molar-refractivity contribution in [2.45, 2.75) is 45.9 Å². The van der Waals surface area contributed by atoms with Gasteiger partial charge in [0.1, 0.15) is 37.9 Å². The third kappa shape index (κ3) is 12.2. The fraction of sp³-hybridized carbons (Fsp3) is 0.220. The highest BCUT2D eigenvalue weighted by Gasteiger charge is 2.20. The largest absolute Gasteiger partial charge is 0.489 e. The van der Waals surface area contributed by atoms with Crippen LogP contribution in [0, 0.1) is 0 Å². The van der Waals surface area contributed by atoms with Crippen LogP contribution in [0.3, 0.4) is 0 Å². The number of amides is 2. The number of thiazole rings is 2. The lowest BCUT2D eigenvalue weighted by Gasteiger charge is -2.26. The number of hydrogen-bond acceptors (Lipinski definition) is 10. The lowest BCUT2D eigenvalue weighted by Crippen LogP contribution is -2.36. The van der Waals surface area contributed by atoms with E-state index in [0.717, 1.165) is 43.5 Å². The van der Waals surface area contributed by atoms with Crippen LogP contribution < -0.4 is 9.47 Å². The molecule has 6 aromatic rings. The zero-order valence-corrected chi connectivity index (χ0v) is 30.8. The Morgan fingerprint density at radius 3 is 1.30 bits per heavy atom. The molecule has 10 nitrogen and oxygen atoms in total. The SMILES string of the molecule is O=C(OCc1cncs1)N(CCCN(Cc1ccc(OCc2ccccc2)cc1)C(=O)OCc1cncs1)Cc1ccc(OCc2ccccc2)cc1. The summed E-state index contributed by atoms with van der Waals surface area (Å²) in [6.45, 7) is 2.52. The Morgan fingerprint density at radius 1 is 0.509 bits per heavy atom. The average Bonchev–Trinajstić information content (AvgIpc) is 3.94. The molecule has 0 saturated heterocycles. The zero-order chi connectivity index (χ0) is 36.5. The normalized spacial score (nSPS) is 10.7. The zero-order valence-electron chi connectivity index (χ0n) is 29.1. The Labute approximate surface area is 317 Å². The minimum absolute atomic E-state index is 0.132. The van der Waals surface area contributed by atoms with Crippen LogP contribution >= 0.6 is 22.7 Å². The smallest absolute Gasteiger partial charge is 0.410 e. The van der Waals surface area contributed by atoms with E-state index in [1.54, 1.807) is 33.2 Å². The Hall–Kier alpha value is -5.72. The first-order valence-electron chi connectivity index (χ1n) is 17.2. The molecule has 12 heteroatoms. The van der Waals surface area contributed by atoms with Crippen LogP contribution in [0.15, 0.2) is 133 Å². The molecule has 0 N–H and O–H groups in total. The van der Waals surface area contributed by atoms with E-state index in [2.05, 4.69) is 9.97 Å². The molecule has 0 radical (unpaired) electrons. The summed E-state index contributed by atoms with van der Waals surface area (Å²) < 4.78 is 23.3. The van der Waals surface area contributed by atoms with Crippen LogP contribution in [0.5, 0.6) is 11.5 Å². The molecular formula is C41H40N4O6S2. The maximum Gasteiger partial charge on any atom is 0.410 e. The van der Waals surface area contributed by atoms with Gasteiger partial charge in [0.2, 0.25) is 0 Å². The summed E-state index contributed by atoms with van der Waals surface area (Å²) in [7, 11) is 0. The van der Waals surface area contributed by atoms with Crippen LogP contribution in [0.2, 0.25) is 0 Å². The molecule has 6 rings (SSSR count). The summed E-state index contributed by atoms with van der Waals surface area (Å²) in [5.41, 5.74) is 7.41. The van der Waals surface area contributed by atoms with Crippen LogP contribution in [-0.4, -0.2) is 45.0 Å². The van der Waals surface area contributed by atoms with Gasteiger partial charge in [0.15, 0.2) is 0 Å². The van der Waals surface area contributed by atoms with E-state index in [-0.39, 0.29) is 13.2 Å². The van der Waals surface area contributed by atoms with Crippen molar-refractivity contribution in [2.75, 3.05) is 13.1 Å². The van der Waals surface area contributed by atoms with Gasteiger partial charge in [-0.2, -0.15) is 0 Å². The maximum atomic E-state index is 13.4. The van der Waals surface area contributed by atoms with Crippen LogP contribution in [-0.2, 0) is 49.0 Å². The molecule has 0 fully saturated rings. The van der Waals surface area contributed by atoms with Gasteiger partial charge in [-0.3, -0.25) is 9.97 Å². The molecule has 2 aromatic heterocycles. The number of benzene rings is 4. The van der Waals surface area contributed by atoms with Crippen LogP contribution in [0.25, 0.3) is 0 Å². The minimum Gasteiger partial charge on any atom is -0.489 e. The van der Waals surface area contributed by atoms with Crippen molar-refractivity contribution in [3.05, 3.63) is 165 Å². The molecule has 2 amide bonds. The maximum absolute atomic E-state index is 13.4. The Balaban J connectivity index is 1.08. The van der Waals surface area contributed by atoms with Gasteiger partial charge < -0.3 is 28.7 Å². The van der Waals surface area contributed by atoms with Crippen molar-refractivity contribution >= 4 is 34.9 Å². The quantitative estimate of drug-likeness (QED) is 0.0858. The molecule has 4 aromatic carbocycles. The van der Waals surface area contributed by atoms with E-state index in [1.807, 2.05) is 109 Å². The van der Waals surface area contributed by atoms with Gasteiger partial charge in [0, 0.05) is 38.6 Å². The molecule has 53 heavy (non-hydrogen) atoms. The number of aromatic nitrogens is 2. The summed E-state index contributed by atoms with van der Waals surface area (Å²) >= 11 is 2.85. The third-order valence-corrected chi connectivity index (χ3v) is 9.61. The molecule has 2 heterocycles. The number of rotatable bonds is 18. The fourth-order valence-corrected chi connectivity index (χ4v) is 6.31.